The summed E-state index contributed by atoms with van der Waals surface area (Å²) in [7, 11) is 0. The van der Waals surface area contributed by atoms with Crippen LogP contribution in [0.4, 0.5) is 0 Å². The summed E-state index contributed by atoms with van der Waals surface area (Å²) in [6.07, 6.45) is -11.5. The van der Waals surface area contributed by atoms with Gasteiger partial charge in [0.1, 0.15) is 30.3 Å². The minimum Gasteiger partial charge on any atom is -0.508 e. The van der Waals surface area contributed by atoms with Gasteiger partial charge in [-0.05, 0) is 12.1 Å². The van der Waals surface area contributed by atoms with Crippen molar-refractivity contribution in [3.05, 3.63) is 63.4 Å². The van der Waals surface area contributed by atoms with E-state index in [1.165, 1.54) is 0 Å². The molecule has 1 aromatic carbocycles. The standard InChI is InChI=1S/C27H26O18/c28-9-1-6(2-10(29)16(9)32)24(39)45-27-22(38)23-19(35)13(43-27)5-42-25(40)7-3-11(30)17(33)20(36)14(7)15-8(26(41)44-23)4-12(31)18(34)21(15)37/h1-2,7-8,13,19,22-23,27-38H,3-5H2. The molecule has 2 bridgehead atoms. The fraction of sp³-hybridized carbons (Fsp3) is 0.370. The van der Waals surface area contributed by atoms with E-state index in [0.29, 0.717) is 12.1 Å². The summed E-state index contributed by atoms with van der Waals surface area (Å²) in [5.41, 5.74) is -1.94. The van der Waals surface area contributed by atoms with Gasteiger partial charge in [0, 0.05) is 24.0 Å². The lowest BCUT2D eigenvalue weighted by molar-refractivity contribution is -0.290. The molecular weight excluding hydrogens is 612 g/mol. The molecule has 0 saturated carbocycles. The number of aliphatic hydroxyl groups excluding tert-OH is 8. The second-order valence-corrected chi connectivity index (χ2v) is 10.5. The van der Waals surface area contributed by atoms with Gasteiger partial charge in [-0.25, -0.2) is 4.79 Å². The van der Waals surface area contributed by atoms with Crippen LogP contribution in [0.3, 0.4) is 0 Å². The maximum absolute atomic E-state index is 13.5. The number of carbonyl (C=O) groups excluding carboxylic acids is 3. The Morgan fingerprint density at radius 2 is 1.24 bits per heavy atom. The van der Waals surface area contributed by atoms with Gasteiger partial charge in [0.2, 0.25) is 6.29 Å². The highest BCUT2D eigenvalue weighted by molar-refractivity contribution is 5.91. The van der Waals surface area contributed by atoms with Crippen LogP contribution in [0, 0.1) is 11.8 Å². The van der Waals surface area contributed by atoms with E-state index in [2.05, 4.69) is 0 Å². The Bertz CT molecular complexity index is 1580. The Labute approximate surface area is 250 Å². The van der Waals surface area contributed by atoms with Gasteiger partial charge in [-0.1, -0.05) is 0 Å². The lowest BCUT2D eigenvalue weighted by Gasteiger charge is -2.42. The largest absolute Gasteiger partial charge is 0.508 e. The molecule has 0 amide bonds. The zero-order chi connectivity index (χ0) is 33.1. The van der Waals surface area contributed by atoms with Crippen molar-refractivity contribution >= 4 is 17.9 Å². The molecule has 2 fully saturated rings. The third-order valence-electron chi connectivity index (χ3n) is 7.67. The molecule has 2 heterocycles. The van der Waals surface area contributed by atoms with Crippen LogP contribution in [0.15, 0.2) is 57.8 Å². The molecule has 11 N–H and O–H groups in total. The average molecular weight is 638 g/mol. The van der Waals surface area contributed by atoms with E-state index >= 15 is 0 Å². The molecule has 0 spiro atoms. The number of aromatic hydroxyl groups is 3. The molecule has 18 nitrogen and oxygen atoms in total. The summed E-state index contributed by atoms with van der Waals surface area (Å²) < 4.78 is 21.1. The van der Waals surface area contributed by atoms with Crippen LogP contribution < -0.4 is 0 Å². The quantitative estimate of drug-likeness (QED) is 0.117. The number of rotatable bonds is 2. The van der Waals surface area contributed by atoms with Gasteiger partial charge in [0.05, 0.1) is 17.4 Å². The van der Waals surface area contributed by atoms with Crippen LogP contribution >= 0.6 is 0 Å². The number of phenolic OH excluding ortho intramolecular Hbond substituents is 3. The SMILES string of the molecule is O=C(OC1OC2COC(=O)C3CC(O)=C(O)C(O)=C3C3=C(O)C(O)=C(O)CC3C(=O)OC(C2O)C1O)c1cc(O)c(O)c(O)c1. The number of hydrogen-bond acceptors (Lipinski definition) is 18. The van der Waals surface area contributed by atoms with Crippen molar-refractivity contribution in [3.8, 4) is 17.2 Å². The van der Waals surface area contributed by atoms with Crippen molar-refractivity contribution in [1.29, 1.82) is 0 Å². The van der Waals surface area contributed by atoms with Crippen molar-refractivity contribution in [2.75, 3.05) is 6.61 Å². The number of aliphatic hydroxyl groups is 8. The summed E-state index contributed by atoms with van der Waals surface area (Å²) >= 11 is 0. The molecule has 7 unspecified atom stereocenters. The van der Waals surface area contributed by atoms with E-state index < -0.39 is 148 Å². The van der Waals surface area contributed by atoms with E-state index in [0.717, 1.165) is 0 Å². The molecule has 2 saturated heterocycles. The van der Waals surface area contributed by atoms with Crippen molar-refractivity contribution in [2.24, 2.45) is 11.8 Å². The van der Waals surface area contributed by atoms with E-state index in [4.69, 9.17) is 18.9 Å². The van der Waals surface area contributed by atoms with Gasteiger partial charge in [0.15, 0.2) is 52.5 Å². The highest BCUT2D eigenvalue weighted by Crippen LogP contribution is 2.45. The molecule has 2 aliphatic heterocycles. The number of benzene rings is 1. The Balaban J connectivity index is 1.55. The molecule has 18 heteroatoms. The molecule has 0 aromatic heterocycles. The highest BCUT2D eigenvalue weighted by atomic mass is 16.7. The maximum Gasteiger partial charge on any atom is 0.340 e. The topological polar surface area (TPSA) is 311 Å². The third-order valence-corrected chi connectivity index (χ3v) is 7.67. The molecule has 2 aliphatic carbocycles. The van der Waals surface area contributed by atoms with Crippen LogP contribution in [0.1, 0.15) is 23.2 Å². The average Bonchev–Trinajstić information content (AvgIpc) is 2.99. The van der Waals surface area contributed by atoms with Gasteiger partial charge >= 0.3 is 17.9 Å². The van der Waals surface area contributed by atoms with Crippen LogP contribution in [-0.2, 0) is 28.5 Å². The van der Waals surface area contributed by atoms with Gasteiger partial charge in [-0.3, -0.25) is 9.59 Å². The van der Waals surface area contributed by atoms with E-state index in [9.17, 15) is 70.6 Å². The Morgan fingerprint density at radius 3 is 1.78 bits per heavy atom. The van der Waals surface area contributed by atoms with Crippen molar-refractivity contribution in [2.45, 2.75) is 43.5 Å². The van der Waals surface area contributed by atoms with Gasteiger partial charge < -0.3 is 75.1 Å². The number of hydrogen-bond donors (Lipinski definition) is 11. The number of allylic oxidation sites excluding steroid dienone is 2. The number of carbonyl (C=O) groups is 3. The zero-order valence-corrected chi connectivity index (χ0v) is 22.6. The second kappa shape index (κ2) is 11.3. The zero-order valence-electron chi connectivity index (χ0n) is 22.6. The van der Waals surface area contributed by atoms with E-state index in [1.807, 2.05) is 0 Å². The third kappa shape index (κ3) is 5.23. The highest BCUT2D eigenvalue weighted by Gasteiger charge is 2.52. The lowest BCUT2D eigenvalue weighted by Crippen LogP contribution is -2.61. The van der Waals surface area contributed by atoms with Gasteiger partial charge in [0.25, 0.3) is 0 Å². The van der Waals surface area contributed by atoms with Crippen LogP contribution in [0.2, 0.25) is 0 Å². The summed E-state index contributed by atoms with van der Waals surface area (Å²) in [6.45, 7) is -0.892. The first-order chi connectivity index (χ1) is 21.1. The monoisotopic (exact) mass is 638 g/mol. The fourth-order valence-corrected chi connectivity index (χ4v) is 5.33. The summed E-state index contributed by atoms with van der Waals surface area (Å²) in [5.74, 6) is -17.0. The number of phenols is 3. The number of cyclic esters (lactones) is 1. The summed E-state index contributed by atoms with van der Waals surface area (Å²) in [4.78, 5) is 39.6. The van der Waals surface area contributed by atoms with Crippen LogP contribution in [0.5, 0.6) is 17.2 Å². The minimum atomic E-state index is -2.18. The molecule has 0 radical (unpaired) electrons. The Kier molecular flexibility index (Phi) is 7.81. The summed E-state index contributed by atoms with van der Waals surface area (Å²) in [6, 6.07) is 1.41. The summed E-state index contributed by atoms with van der Waals surface area (Å²) in [5, 5.41) is 113. The number of ether oxygens (including phenoxy) is 4. The van der Waals surface area contributed by atoms with Crippen LogP contribution in [0.25, 0.3) is 0 Å². The number of fused-ring (bicyclic) bond motifs is 5. The van der Waals surface area contributed by atoms with E-state index in [1.54, 1.807) is 0 Å². The molecule has 1 aromatic rings. The smallest absolute Gasteiger partial charge is 0.340 e. The molecule has 242 valence electrons. The lowest BCUT2D eigenvalue weighted by atomic mass is 9.75. The van der Waals surface area contributed by atoms with Gasteiger partial charge in [-0.2, -0.15) is 0 Å². The Morgan fingerprint density at radius 1 is 0.733 bits per heavy atom. The van der Waals surface area contributed by atoms with Gasteiger partial charge in [-0.15, -0.1) is 0 Å². The molecule has 4 aliphatic rings. The van der Waals surface area contributed by atoms with E-state index in [-0.39, 0.29) is 0 Å². The first-order valence-electron chi connectivity index (χ1n) is 13.1. The predicted molar refractivity (Wildman–Crippen MR) is 138 cm³/mol. The fourth-order valence-electron chi connectivity index (χ4n) is 5.33. The minimum absolute atomic E-state index is 0.544. The van der Waals surface area contributed by atoms with Crippen molar-refractivity contribution in [3.63, 3.8) is 0 Å². The first-order valence-corrected chi connectivity index (χ1v) is 13.1. The predicted octanol–water partition coefficient (Wildman–Crippen LogP) is 0.195. The van der Waals surface area contributed by atoms with Crippen molar-refractivity contribution in [1.82, 2.24) is 0 Å². The first kappa shape index (κ1) is 31.1. The number of esters is 3. The second-order valence-electron chi connectivity index (χ2n) is 10.5. The maximum atomic E-state index is 13.5. The molecule has 45 heavy (non-hydrogen) atoms. The normalized spacial score (nSPS) is 30.8. The van der Waals surface area contributed by atoms with Crippen molar-refractivity contribution < 1.29 is 89.5 Å². The molecule has 5 rings (SSSR count). The Hall–Kier alpha value is -5.33. The molecule has 7 atom stereocenters. The molecular formula is C27H26O18. The van der Waals surface area contributed by atoms with Crippen LogP contribution in [-0.4, -0.2) is 111 Å².